The third kappa shape index (κ3) is 4.46. The van der Waals surface area contributed by atoms with Crippen molar-refractivity contribution < 1.29 is 23.9 Å². The van der Waals surface area contributed by atoms with E-state index in [4.69, 9.17) is 15.2 Å². The van der Waals surface area contributed by atoms with E-state index < -0.39 is 18.1 Å². The van der Waals surface area contributed by atoms with Gasteiger partial charge in [-0.25, -0.2) is 0 Å². The Kier molecular flexibility index (Phi) is 6.40. The van der Waals surface area contributed by atoms with Crippen LogP contribution in [0.5, 0.6) is 0 Å². The van der Waals surface area contributed by atoms with Crippen molar-refractivity contribution in [2.75, 3.05) is 33.9 Å². The maximum atomic E-state index is 11.9. The third-order valence-corrected chi connectivity index (χ3v) is 3.33. The number of primary amides is 1. The first-order valence-corrected chi connectivity index (χ1v) is 6.41. The first-order chi connectivity index (χ1) is 9.49. The van der Waals surface area contributed by atoms with Crippen molar-refractivity contribution in [3.05, 3.63) is 0 Å². The number of nitrogens with two attached hydrogens (primary N) is 1. The second-order valence-corrected chi connectivity index (χ2v) is 4.58. The van der Waals surface area contributed by atoms with Crippen LogP contribution >= 0.6 is 0 Å². The molecule has 0 aliphatic carbocycles. The van der Waals surface area contributed by atoms with E-state index in [1.807, 2.05) is 0 Å². The summed E-state index contributed by atoms with van der Waals surface area (Å²) in [6.45, 7) is 0.811. The molecule has 1 aliphatic rings. The van der Waals surface area contributed by atoms with Crippen LogP contribution in [0.4, 0.5) is 0 Å². The van der Waals surface area contributed by atoms with Gasteiger partial charge in [-0.05, 0) is 12.8 Å². The molecule has 1 aliphatic heterocycles. The average Bonchev–Trinajstić information content (AvgIpc) is 2.47. The first-order valence-electron chi connectivity index (χ1n) is 6.41. The van der Waals surface area contributed by atoms with Crippen LogP contribution in [-0.2, 0) is 23.9 Å². The zero-order valence-corrected chi connectivity index (χ0v) is 11.8. The summed E-state index contributed by atoms with van der Waals surface area (Å²) >= 11 is 0. The lowest BCUT2D eigenvalue weighted by molar-refractivity contribution is -0.149. The summed E-state index contributed by atoms with van der Waals surface area (Å²) < 4.78 is 9.80. The van der Waals surface area contributed by atoms with Crippen LogP contribution in [0, 0.1) is 5.92 Å². The van der Waals surface area contributed by atoms with Crippen LogP contribution in [0.15, 0.2) is 0 Å². The van der Waals surface area contributed by atoms with Crippen LogP contribution in [0.3, 0.4) is 0 Å². The Hall–Kier alpha value is -1.67. The van der Waals surface area contributed by atoms with Crippen LogP contribution in [0.2, 0.25) is 0 Å². The molecule has 0 aromatic heterocycles. The predicted molar refractivity (Wildman–Crippen MR) is 69.3 cm³/mol. The summed E-state index contributed by atoms with van der Waals surface area (Å²) in [7, 11) is 2.88. The van der Waals surface area contributed by atoms with Gasteiger partial charge in [0.15, 0.2) is 6.29 Å². The fourth-order valence-electron chi connectivity index (χ4n) is 2.03. The SMILES string of the molecule is COC(CNC(=O)C(=O)N1CCC(C(N)=O)CC1)OC. The van der Waals surface area contributed by atoms with E-state index in [1.165, 1.54) is 19.1 Å². The smallest absolute Gasteiger partial charge is 0.311 e. The fourth-order valence-corrected chi connectivity index (χ4v) is 2.03. The number of hydrogen-bond acceptors (Lipinski definition) is 5. The maximum Gasteiger partial charge on any atom is 0.311 e. The molecule has 3 N–H and O–H groups in total. The van der Waals surface area contributed by atoms with Crippen molar-refractivity contribution in [3.8, 4) is 0 Å². The van der Waals surface area contributed by atoms with Gasteiger partial charge in [0.1, 0.15) is 0 Å². The van der Waals surface area contributed by atoms with Crippen molar-refractivity contribution >= 4 is 17.7 Å². The van der Waals surface area contributed by atoms with E-state index >= 15 is 0 Å². The van der Waals surface area contributed by atoms with E-state index in [2.05, 4.69) is 5.32 Å². The lowest BCUT2D eigenvalue weighted by Crippen LogP contribution is -2.49. The zero-order chi connectivity index (χ0) is 15.1. The molecule has 0 saturated carbocycles. The molecular weight excluding hydrogens is 266 g/mol. The first kappa shape index (κ1) is 16.4. The van der Waals surface area contributed by atoms with Crippen molar-refractivity contribution in [3.63, 3.8) is 0 Å². The third-order valence-electron chi connectivity index (χ3n) is 3.33. The van der Waals surface area contributed by atoms with E-state index in [9.17, 15) is 14.4 Å². The van der Waals surface area contributed by atoms with Crippen LogP contribution in [0.1, 0.15) is 12.8 Å². The van der Waals surface area contributed by atoms with Crippen molar-refractivity contribution in [1.29, 1.82) is 0 Å². The minimum Gasteiger partial charge on any atom is -0.369 e. The number of carbonyl (C=O) groups is 3. The highest BCUT2D eigenvalue weighted by molar-refractivity contribution is 6.35. The Morgan fingerprint density at radius 3 is 2.25 bits per heavy atom. The molecule has 0 bridgehead atoms. The van der Waals surface area contributed by atoms with E-state index in [0.29, 0.717) is 25.9 Å². The number of amides is 3. The molecule has 1 saturated heterocycles. The monoisotopic (exact) mass is 287 g/mol. The van der Waals surface area contributed by atoms with Crippen LogP contribution in [-0.4, -0.2) is 62.8 Å². The number of nitrogens with one attached hydrogen (secondary N) is 1. The van der Waals surface area contributed by atoms with Gasteiger partial charge in [-0.15, -0.1) is 0 Å². The number of hydrogen-bond donors (Lipinski definition) is 2. The minimum absolute atomic E-state index is 0.0926. The number of carbonyl (C=O) groups excluding carboxylic acids is 3. The average molecular weight is 287 g/mol. The quantitative estimate of drug-likeness (QED) is 0.469. The van der Waals surface area contributed by atoms with E-state index in [-0.39, 0.29) is 18.4 Å². The van der Waals surface area contributed by atoms with Gasteiger partial charge in [-0.3, -0.25) is 14.4 Å². The molecule has 0 unspecified atom stereocenters. The number of nitrogens with zero attached hydrogens (tertiary/aromatic N) is 1. The zero-order valence-electron chi connectivity index (χ0n) is 11.8. The lowest BCUT2D eigenvalue weighted by Gasteiger charge is -2.30. The Morgan fingerprint density at radius 2 is 1.80 bits per heavy atom. The summed E-state index contributed by atoms with van der Waals surface area (Å²) in [5.41, 5.74) is 5.21. The number of rotatable bonds is 5. The minimum atomic E-state index is -0.707. The molecule has 114 valence electrons. The Morgan fingerprint density at radius 1 is 1.25 bits per heavy atom. The van der Waals surface area contributed by atoms with Gasteiger partial charge >= 0.3 is 11.8 Å². The molecule has 0 radical (unpaired) electrons. The molecule has 8 heteroatoms. The van der Waals surface area contributed by atoms with Crippen molar-refractivity contribution in [2.24, 2.45) is 11.7 Å². The molecular formula is C12H21N3O5. The van der Waals surface area contributed by atoms with Crippen LogP contribution in [0.25, 0.3) is 0 Å². The van der Waals surface area contributed by atoms with Crippen molar-refractivity contribution in [1.82, 2.24) is 10.2 Å². The molecule has 0 atom stereocenters. The largest absolute Gasteiger partial charge is 0.369 e. The summed E-state index contributed by atoms with van der Waals surface area (Å²) in [6.07, 6.45) is 0.396. The fraction of sp³-hybridized carbons (Fsp3) is 0.750. The van der Waals surface area contributed by atoms with Gasteiger partial charge in [-0.2, -0.15) is 0 Å². The maximum absolute atomic E-state index is 11.9. The molecule has 1 heterocycles. The van der Waals surface area contributed by atoms with Gasteiger partial charge in [-0.1, -0.05) is 0 Å². The van der Waals surface area contributed by atoms with Gasteiger partial charge < -0.3 is 25.4 Å². The molecule has 20 heavy (non-hydrogen) atoms. The summed E-state index contributed by atoms with van der Waals surface area (Å²) in [4.78, 5) is 36.0. The number of methoxy groups -OCH3 is 2. The number of ether oxygens (including phenoxy) is 2. The molecule has 8 nitrogen and oxygen atoms in total. The Bertz CT molecular complexity index is 362. The van der Waals surface area contributed by atoms with Gasteiger partial charge in [0.25, 0.3) is 0 Å². The molecule has 3 amide bonds. The summed E-state index contributed by atoms with van der Waals surface area (Å²) in [5, 5.41) is 2.44. The van der Waals surface area contributed by atoms with Gasteiger partial charge in [0, 0.05) is 33.2 Å². The number of likely N-dealkylation sites (tertiary alicyclic amines) is 1. The standard InChI is InChI=1S/C12H21N3O5/c1-19-9(20-2)7-14-11(17)12(18)15-5-3-8(4-6-15)10(13)16/h8-9H,3-7H2,1-2H3,(H2,13,16)(H,14,17). The second kappa shape index (κ2) is 7.81. The van der Waals surface area contributed by atoms with Gasteiger partial charge in [0.05, 0.1) is 6.54 Å². The number of piperidine rings is 1. The Labute approximate surface area is 117 Å². The van der Waals surface area contributed by atoms with Crippen molar-refractivity contribution in [2.45, 2.75) is 19.1 Å². The summed E-state index contributed by atoms with van der Waals surface area (Å²) in [5.74, 6) is -1.89. The molecule has 0 spiro atoms. The molecule has 0 aromatic rings. The normalized spacial score (nSPS) is 16.2. The Balaban J connectivity index is 2.39. The lowest BCUT2D eigenvalue weighted by atomic mass is 9.96. The highest BCUT2D eigenvalue weighted by atomic mass is 16.7. The highest BCUT2D eigenvalue weighted by Crippen LogP contribution is 2.16. The van der Waals surface area contributed by atoms with Crippen LogP contribution < -0.4 is 11.1 Å². The molecule has 1 rings (SSSR count). The topological polar surface area (TPSA) is 111 Å². The summed E-state index contributed by atoms with van der Waals surface area (Å²) in [6, 6.07) is 0. The molecule has 0 aromatic carbocycles. The molecule has 1 fully saturated rings. The predicted octanol–water partition coefficient (Wildman–Crippen LogP) is -1.55. The second-order valence-electron chi connectivity index (χ2n) is 4.58. The van der Waals surface area contributed by atoms with Gasteiger partial charge in [0.2, 0.25) is 5.91 Å². The highest BCUT2D eigenvalue weighted by Gasteiger charge is 2.29. The van der Waals surface area contributed by atoms with E-state index in [1.54, 1.807) is 0 Å². The van der Waals surface area contributed by atoms with E-state index in [0.717, 1.165) is 0 Å².